The molecule has 29 heavy (non-hydrogen) atoms. The number of benzene rings is 2. The standard InChI is InChI=1S/C21H27N3O4S/c1-3-28-20-10-5-4-9-19(20)24-13-11-23(12-14-24)16-21(25)22-17-7-6-8-18(15-17)29(2,26)27/h4-10,15H,3,11-14,16H2,1-2H3,(H,22,25)/p+1. The second kappa shape index (κ2) is 9.28. The molecule has 1 aliphatic heterocycles. The molecule has 0 unspecified atom stereocenters. The van der Waals surface area contributed by atoms with Crippen LogP contribution in [-0.2, 0) is 14.6 Å². The summed E-state index contributed by atoms with van der Waals surface area (Å²) < 4.78 is 29.1. The van der Waals surface area contributed by atoms with Gasteiger partial charge in [0.25, 0.3) is 5.91 Å². The molecule has 1 saturated heterocycles. The third-order valence-electron chi connectivity index (χ3n) is 4.93. The highest BCUT2D eigenvalue weighted by atomic mass is 32.2. The van der Waals surface area contributed by atoms with Crippen LogP contribution < -0.4 is 19.9 Å². The number of carbonyl (C=O) groups excluding carboxylic acids is 1. The van der Waals surface area contributed by atoms with Crippen molar-refractivity contribution in [2.45, 2.75) is 11.8 Å². The van der Waals surface area contributed by atoms with Crippen LogP contribution in [0.4, 0.5) is 11.4 Å². The average molecular weight is 419 g/mol. The fourth-order valence-electron chi connectivity index (χ4n) is 3.47. The highest BCUT2D eigenvalue weighted by Crippen LogP contribution is 2.27. The minimum atomic E-state index is -3.30. The van der Waals surface area contributed by atoms with E-state index in [1.165, 1.54) is 17.0 Å². The summed E-state index contributed by atoms with van der Waals surface area (Å²) >= 11 is 0. The summed E-state index contributed by atoms with van der Waals surface area (Å²) in [6.45, 7) is 6.33. The molecular weight excluding hydrogens is 390 g/mol. The number of hydrogen-bond donors (Lipinski definition) is 2. The first-order valence-electron chi connectivity index (χ1n) is 9.77. The number of rotatable bonds is 7. The Hall–Kier alpha value is -2.58. The minimum absolute atomic E-state index is 0.117. The number of ether oxygens (including phenoxy) is 1. The molecule has 0 spiro atoms. The Labute approximate surface area is 172 Å². The molecule has 8 heteroatoms. The molecule has 1 amide bonds. The van der Waals surface area contributed by atoms with Crippen LogP contribution in [0.1, 0.15) is 6.92 Å². The van der Waals surface area contributed by atoms with Crippen LogP contribution >= 0.6 is 0 Å². The molecule has 2 aromatic carbocycles. The molecule has 2 aromatic rings. The number of quaternary nitrogens is 1. The Morgan fingerprint density at radius 1 is 1.14 bits per heavy atom. The average Bonchev–Trinajstić information content (AvgIpc) is 2.69. The van der Waals surface area contributed by atoms with Gasteiger partial charge in [-0.2, -0.15) is 0 Å². The van der Waals surface area contributed by atoms with Gasteiger partial charge in [-0.25, -0.2) is 8.42 Å². The maximum atomic E-state index is 12.4. The molecule has 156 valence electrons. The van der Waals surface area contributed by atoms with E-state index in [-0.39, 0.29) is 10.8 Å². The molecule has 0 radical (unpaired) electrons. The van der Waals surface area contributed by atoms with E-state index in [2.05, 4.69) is 16.3 Å². The number of carbonyl (C=O) groups is 1. The molecule has 0 aliphatic carbocycles. The normalized spacial score (nSPS) is 15.2. The van der Waals surface area contributed by atoms with E-state index in [1.54, 1.807) is 12.1 Å². The van der Waals surface area contributed by atoms with Gasteiger partial charge in [-0.15, -0.1) is 0 Å². The van der Waals surface area contributed by atoms with Crippen LogP contribution in [0.15, 0.2) is 53.4 Å². The van der Waals surface area contributed by atoms with E-state index in [9.17, 15) is 13.2 Å². The molecular formula is C21H28N3O4S+. The van der Waals surface area contributed by atoms with Gasteiger partial charge in [0.05, 0.1) is 43.4 Å². The Balaban J connectivity index is 1.54. The van der Waals surface area contributed by atoms with E-state index < -0.39 is 9.84 Å². The Morgan fingerprint density at radius 2 is 1.86 bits per heavy atom. The summed E-state index contributed by atoms with van der Waals surface area (Å²) in [6.07, 6.45) is 1.15. The van der Waals surface area contributed by atoms with Crippen molar-refractivity contribution in [1.82, 2.24) is 0 Å². The zero-order valence-electron chi connectivity index (χ0n) is 16.8. The first-order chi connectivity index (χ1) is 13.9. The van der Waals surface area contributed by atoms with E-state index >= 15 is 0 Å². The molecule has 7 nitrogen and oxygen atoms in total. The van der Waals surface area contributed by atoms with Crippen LogP contribution in [0.3, 0.4) is 0 Å². The lowest BCUT2D eigenvalue weighted by atomic mass is 10.2. The van der Waals surface area contributed by atoms with Crippen LogP contribution in [0, 0.1) is 0 Å². The van der Waals surface area contributed by atoms with Crippen molar-refractivity contribution in [3.63, 3.8) is 0 Å². The number of para-hydroxylation sites is 2. The van der Waals surface area contributed by atoms with Gasteiger partial charge < -0.3 is 19.9 Å². The first kappa shape index (κ1) is 21.1. The summed E-state index contributed by atoms with van der Waals surface area (Å²) in [5, 5.41) is 2.81. The van der Waals surface area contributed by atoms with Gasteiger partial charge in [0.15, 0.2) is 16.4 Å². The number of nitrogens with one attached hydrogen (secondary N) is 2. The summed E-state index contributed by atoms with van der Waals surface area (Å²) in [4.78, 5) is 16.1. The molecule has 1 aliphatic rings. The number of nitrogens with zero attached hydrogens (tertiary/aromatic N) is 1. The molecule has 0 atom stereocenters. The van der Waals surface area contributed by atoms with Crippen molar-refractivity contribution < 1.29 is 22.8 Å². The van der Waals surface area contributed by atoms with Gasteiger partial charge in [0, 0.05) is 11.9 Å². The summed E-state index contributed by atoms with van der Waals surface area (Å²) in [5.74, 6) is 0.774. The molecule has 3 rings (SSSR count). The summed E-state index contributed by atoms with van der Waals surface area (Å²) in [5.41, 5.74) is 1.59. The maximum Gasteiger partial charge on any atom is 0.279 e. The van der Waals surface area contributed by atoms with E-state index in [4.69, 9.17) is 4.74 Å². The van der Waals surface area contributed by atoms with Gasteiger partial charge in [-0.3, -0.25) is 4.79 Å². The smallest absolute Gasteiger partial charge is 0.279 e. The first-order valence-corrected chi connectivity index (χ1v) is 11.7. The van der Waals surface area contributed by atoms with Gasteiger partial charge in [0.2, 0.25) is 0 Å². The second-order valence-corrected chi connectivity index (χ2v) is 9.18. The van der Waals surface area contributed by atoms with Crippen LogP contribution in [0.25, 0.3) is 0 Å². The summed E-state index contributed by atoms with van der Waals surface area (Å²) in [7, 11) is -3.30. The van der Waals surface area contributed by atoms with Gasteiger partial charge in [0.1, 0.15) is 5.75 Å². The van der Waals surface area contributed by atoms with Crippen molar-refractivity contribution >= 4 is 27.1 Å². The zero-order valence-corrected chi connectivity index (χ0v) is 17.7. The minimum Gasteiger partial charge on any atom is -0.492 e. The maximum absolute atomic E-state index is 12.4. The Morgan fingerprint density at radius 3 is 2.55 bits per heavy atom. The van der Waals surface area contributed by atoms with Crippen molar-refractivity contribution in [2.24, 2.45) is 0 Å². The lowest BCUT2D eigenvalue weighted by Crippen LogP contribution is -3.15. The molecule has 2 N–H and O–H groups in total. The van der Waals surface area contributed by atoms with Crippen LogP contribution in [0.2, 0.25) is 0 Å². The van der Waals surface area contributed by atoms with Gasteiger partial charge in [-0.05, 0) is 37.3 Å². The molecule has 0 saturated carbocycles. The molecule has 1 heterocycles. The second-order valence-electron chi connectivity index (χ2n) is 7.16. The zero-order chi connectivity index (χ0) is 20.9. The van der Waals surface area contributed by atoms with E-state index in [0.717, 1.165) is 43.9 Å². The fraction of sp³-hybridized carbons (Fsp3) is 0.381. The quantitative estimate of drug-likeness (QED) is 0.696. The largest absolute Gasteiger partial charge is 0.492 e. The fourth-order valence-corrected chi connectivity index (χ4v) is 4.14. The monoisotopic (exact) mass is 418 g/mol. The SMILES string of the molecule is CCOc1ccccc1N1CC[NH+](CC(=O)Nc2cccc(S(C)(=O)=O)c2)CC1. The molecule has 0 bridgehead atoms. The number of piperazine rings is 1. The predicted molar refractivity (Wildman–Crippen MR) is 114 cm³/mol. The van der Waals surface area contributed by atoms with E-state index in [1.807, 2.05) is 25.1 Å². The van der Waals surface area contributed by atoms with E-state index in [0.29, 0.717) is 18.8 Å². The Kier molecular flexibility index (Phi) is 6.76. The predicted octanol–water partition coefficient (Wildman–Crippen LogP) is 0.832. The number of hydrogen-bond acceptors (Lipinski definition) is 5. The number of anilines is 2. The molecule has 1 fully saturated rings. The third-order valence-corrected chi connectivity index (χ3v) is 6.04. The van der Waals surface area contributed by atoms with Crippen LogP contribution in [-0.4, -0.2) is 59.9 Å². The van der Waals surface area contributed by atoms with Crippen molar-refractivity contribution in [3.8, 4) is 5.75 Å². The highest BCUT2D eigenvalue weighted by Gasteiger charge is 2.24. The molecule has 0 aromatic heterocycles. The number of amides is 1. The third kappa shape index (κ3) is 5.71. The van der Waals surface area contributed by atoms with Gasteiger partial charge in [-0.1, -0.05) is 18.2 Å². The van der Waals surface area contributed by atoms with Crippen molar-refractivity contribution in [2.75, 3.05) is 55.8 Å². The lowest BCUT2D eigenvalue weighted by molar-refractivity contribution is -0.892. The van der Waals surface area contributed by atoms with Gasteiger partial charge >= 0.3 is 0 Å². The van der Waals surface area contributed by atoms with Crippen molar-refractivity contribution in [1.29, 1.82) is 0 Å². The topological polar surface area (TPSA) is 80.2 Å². The summed E-state index contributed by atoms with van der Waals surface area (Å²) in [6, 6.07) is 14.4. The van der Waals surface area contributed by atoms with Crippen LogP contribution in [0.5, 0.6) is 5.75 Å². The Bertz CT molecular complexity index is 954. The lowest BCUT2D eigenvalue weighted by Gasteiger charge is -2.34. The van der Waals surface area contributed by atoms with Crippen molar-refractivity contribution in [3.05, 3.63) is 48.5 Å². The number of sulfone groups is 1. The highest BCUT2D eigenvalue weighted by molar-refractivity contribution is 7.90.